The lowest BCUT2D eigenvalue weighted by molar-refractivity contribution is -0.119. The minimum absolute atomic E-state index is 0.111. The molecular formula is C19H16Cl2N4O4. The van der Waals surface area contributed by atoms with Crippen LogP contribution in [0, 0.1) is 6.92 Å². The van der Waals surface area contributed by atoms with E-state index in [1.54, 1.807) is 17.6 Å². The first-order valence-corrected chi connectivity index (χ1v) is 9.35. The van der Waals surface area contributed by atoms with E-state index in [0.717, 1.165) is 0 Å². The predicted octanol–water partition coefficient (Wildman–Crippen LogP) is 3.22. The number of aromatic nitrogens is 3. The molecule has 2 heterocycles. The second kappa shape index (κ2) is 8.59. The van der Waals surface area contributed by atoms with Gasteiger partial charge in [0.05, 0.1) is 26.6 Å². The van der Waals surface area contributed by atoms with Crippen LogP contribution in [0.3, 0.4) is 0 Å². The summed E-state index contributed by atoms with van der Waals surface area (Å²) in [6, 6.07) is 6.09. The van der Waals surface area contributed by atoms with Crippen molar-refractivity contribution in [3.8, 4) is 0 Å². The van der Waals surface area contributed by atoms with Gasteiger partial charge in [-0.15, -0.1) is 0 Å². The largest absolute Gasteiger partial charge is 0.452 e. The van der Waals surface area contributed by atoms with Crippen molar-refractivity contribution in [3.63, 3.8) is 0 Å². The zero-order valence-corrected chi connectivity index (χ0v) is 17.0. The Labute approximate surface area is 175 Å². The molecule has 0 aliphatic rings. The number of amides is 1. The van der Waals surface area contributed by atoms with Crippen LogP contribution in [-0.2, 0) is 16.1 Å². The number of rotatable bonds is 5. The van der Waals surface area contributed by atoms with Crippen LogP contribution in [0.15, 0.2) is 35.3 Å². The topological polar surface area (TPSA) is 103 Å². The minimum atomic E-state index is -0.703. The molecule has 3 rings (SSSR count). The molecule has 0 saturated heterocycles. The maximum atomic E-state index is 12.3. The van der Waals surface area contributed by atoms with Gasteiger partial charge >= 0.3 is 5.97 Å². The third-order valence-corrected chi connectivity index (χ3v) is 4.56. The lowest BCUT2D eigenvalue weighted by Gasteiger charge is -2.10. The summed E-state index contributed by atoms with van der Waals surface area (Å²) in [5, 5.41) is 2.92. The average molecular weight is 435 g/mol. The van der Waals surface area contributed by atoms with Gasteiger partial charge in [0, 0.05) is 12.7 Å². The van der Waals surface area contributed by atoms with Gasteiger partial charge in [-0.05, 0) is 38.1 Å². The van der Waals surface area contributed by atoms with E-state index >= 15 is 0 Å². The Bertz CT molecular complexity index is 1180. The van der Waals surface area contributed by atoms with Crippen LogP contribution in [0.25, 0.3) is 11.0 Å². The lowest BCUT2D eigenvalue weighted by Crippen LogP contribution is -2.24. The molecule has 0 unspecified atom stereocenters. The summed E-state index contributed by atoms with van der Waals surface area (Å²) in [5.41, 5.74) is 1.46. The molecule has 0 fully saturated rings. The van der Waals surface area contributed by atoms with E-state index in [9.17, 15) is 14.4 Å². The molecule has 0 spiro atoms. The summed E-state index contributed by atoms with van der Waals surface area (Å²) in [7, 11) is 0. The summed E-state index contributed by atoms with van der Waals surface area (Å²) in [4.78, 5) is 44.6. The van der Waals surface area contributed by atoms with Crippen LogP contribution in [0.4, 0.5) is 5.82 Å². The van der Waals surface area contributed by atoms with Crippen molar-refractivity contribution < 1.29 is 14.3 Å². The number of esters is 1. The van der Waals surface area contributed by atoms with Crippen molar-refractivity contribution >= 4 is 51.9 Å². The molecule has 29 heavy (non-hydrogen) atoms. The van der Waals surface area contributed by atoms with Gasteiger partial charge in [-0.2, -0.15) is 0 Å². The van der Waals surface area contributed by atoms with E-state index in [2.05, 4.69) is 15.3 Å². The Hall–Kier alpha value is -2.97. The number of carbonyl (C=O) groups is 2. The highest BCUT2D eigenvalue weighted by atomic mass is 35.5. The summed E-state index contributed by atoms with van der Waals surface area (Å²) >= 11 is 11.7. The smallest absolute Gasteiger partial charge is 0.338 e. The number of ether oxygens (including phenoxy) is 1. The molecule has 0 radical (unpaired) electrons. The number of pyridine rings is 1. The van der Waals surface area contributed by atoms with E-state index in [0.29, 0.717) is 28.3 Å². The number of anilines is 1. The fourth-order valence-electron chi connectivity index (χ4n) is 2.70. The van der Waals surface area contributed by atoms with Crippen molar-refractivity contribution in [2.24, 2.45) is 0 Å². The third kappa shape index (κ3) is 4.55. The summed E-state index contributed by atoms with van der Waals surface area (Å²) in [6.07, 6.45) is 1.33. The highest BCUT2D eigenvalue weighted by Crippen LogP contribution is 2.22. The first kappa shape index (κ1) is 20.8. The van der Waals surface area contributed by atoms with Gasteiger partial charge in [0.2, 0.25) is 0 Å². The van der Waals surface area contributed by atoms with Gasteiger partial charge in [0.25, 0.3) is 11.5 Å². The first-order chi connectivity index (χ1) is 13.8. The van der Waals surface area contributed by atoms with E-state index in [1.807, 2.05) is 6.92 Å². The Morgan fingerprint density at radius 2 is 2.00 bits per heavy atom. The number of hydrogen-bond acceptors (Lipinski definition) is 6. The summed E-state index contributed by atoms with van der Waals surface area (Å²) in [5.74, 6) is -1.20. The van der Waals surface area contributed by atoms with Gasteiger partial charge in [0.15, 0.2) is 12.4 Å². The molecule has 0 bridgehead atoms. The SMILES string of the molecule is CCn1c(=O)c(C)nc2cc(C(=O)OCC(=O)Nc3ncc(Cl)cc3Cl)ccc21. The predicted molar refractivity (Wildman–Crippen MR) is 110 cm³/mol. The molecule has 0 saturated carbocycles. The van der Waals surface area contributed by atoms with Gasteiger partial charge < -0.3 is 14.6 Å². The normalized spacial score (nSPS) is 10.8. The number of carbonyl (C=O) groups excluding carboxylic acids is 2. The van der Waals surface area contributed by atoms with Crippen molar-refractivity contribution in [3.05, 3.63) is 62.1 Å². The van der Waals surface area contributed by atoms with Gasteiger partial charge in [-0.25, -0.2) is 14.8 Å². The maximum Gasteiger partial charge on any atom is 0.338 e. The number of fused-ring (bicyclic) bond motifs is 1. The summed E-state index contributed by atoms with van der Waals surface area (Å²) < 4.78 is 6.61. The fraction of sp³-hybridized carbons (Fsp3) is 0.211. The number of nitrogens with one attached hydrogen (secondary N) is 1. The zero-order chi connectivity index (χ0) is 21.1. The van der Waals surface area contributed by atoms with Gasteiger partial charge in [-0.3, -0.25) is 9.59 Å². The molecule has 150 valence electrons. The van der Waals surface area contributed by atoms with E-state index in [1.165, 1.54) is 24.4 Å². The first-order valence-electron chi connectivity index (χ1n) is 8.59. The van der Waals surface area contributed by atoms with Crippen molar-refractivity contribution in [2.45, 2.75) is 20.4 Å². The Morgan fingerprint density at radius 3 is 2.69 bits per heavy atom. The quantitative estimate of drug-likeness (QED) is 0.618. The van der Waals surface area contributed by atoms with Crippen LogP contribution in [-0.4, -0.2) is 33.0 Å². The highest BCUT2D eigenvalue weighted by Gasteiger charge is 2.15. The molecule has 0 aliphatic heterocycles. The van der Waals surface area contributed by atoms with Crippen molar-refractivity contribution in [1.29, 1.82) is 0 Å². The van der Waals surface area contributed by atoms with Crippen molar-refractivity contribution in [2.75, 3.05) is 11.9 Å². The molecule has 0 aliphatic carbocycles. The summed E-state index contributed by atoms with van der Waals surface area (Å²) in [6.45, 7) is 3.41. The maximum absolute atomic E-state index is 12.3. The average Bonchev–Trinajstić information content (AvgIpc) is 2.69. The zero-order valence-electron chi connectivity index (χ0n) is 15.5. The molecule has 2 aromatic heterocycles. The van der Waals surface area contributed by atoms with E-state index in [-0.39, 0.29) is 22.0 Å². The number of halogens is 2. The number of aryl methyl sites for hydroxylation is 2. The number of benzene rings is 1. The Morgan fingerprint density at radius 1 is 1.24 bits per heavy atom. The highest BCUT2D eigenvalue weighted by molar-refractivity contribution is 6.36. The third-order valence-electron chi connectivity index (χ3n) is 4.06. The number of hydrogen-bond donors (Lipinski definition) is 1. The van der Waals surface area contributed by atoms with Crippen LogP contribution in [0.2, 0.25) is 10.0 Å². The minimum Gasteiger partial charge on any atom is -0.452 e. The molecule has 10 heteroatoms. The molecule has 1 N–H and O–H groups in total. The van der Waals surface area contributed by atoms with Crippen molar-refractivity contribution in [1.82, 2.24) is 14.5 Å². The fourth-order valence-corrected chi connectivity index (χ4v) is 3.13. The lowest BCUT2D eigenvalue weighted by atomic mass is 10.2. The van der Waals surface area contributed by atoms with E-state index in [4.69, 9.17) is 27.9 Å². The monoisotopic (exact) mass is 434 g/mol. The Balaban J connectivity index is 1.72. The van der Waals surface area contributed by atoms with Gasteiger partial charge in [0.1, 0.15) is 5.69 Å². The van der Waals surface area contributed by atoms with Crippen LogP contribution in [0.1, 0.15) is 23.0 Å². The van der Waals surface area contributed by atoms with Crippen LogP contribution >= 0.6 is 23.2 Å². The molecule has 1 aromatic carbocycles. The second-order valence-corrected chi connectivity index (χ2v) is 6.90. The standard InChI is InChI=1S/C19H16Cl2N4O4/c1-3-25-15-5-4-11(6-14(15)23-10(2)18(25)27)19(28)29-9-16(26)24-17-13(21)7-12(20)8-22-17/h4-8H,3,9H2,1-2H3,(H,22,24,26). The van der Waals surface area contributed by atoms with Gasteiger partial charge in [-0.1, -0.05) is 23.2 Å². The number of nitrogens with zero attached hydrogens (tertiary/aromatic N) is 3. The Kier molecular flexibility index (Phi) is 6.14. The second-order valence-electron chi connectivity index (χ2n) is 6.06. The molecule has 1 amide bonds. The molecule has 3 aromatic rings. The van der Waals surface area contributed by atoms with E-state index < -0.39 is 18.5 Å². The van der Waals surface area contributed by atoms with Crippen LogP contribution < -0.4 is 10.9 Å². The molecule has 0 atom stereocenters. The molecular weight excluding hydrogens is 419 g/mol. The van der Waals surface area contributed by atoms with Crippen LogP contribution in [0.5, 0.6) is 0 Å². The molecule has 8 nitrogen and oxygen atoms in total.